The summed E-state index contributed by atoms with van der Waals surface area (Å²) in [5.74, 6) is 2.39. The molecule has 1 aliphatic carbocycles. The number of para-hydroxylation sites is 1. The van der Waals surface area contributed by atoms with Crippen LogP contribution in [-0.2, 0) is 13.1 Å². The molecule has 2 aromatic rings. The van der Waals surface area contributed by atoms with Gasteiger partial charge >= 0.3 is 0 Å². The molecule has 0 saturated heterocycles. The molecule has 0 aliphatic heterocycles. The van der Waals surface area contributed by atoms with Crippen LogP contribution in [-0.4, -0.2) is 30.7 Å². The van der Waals surface area contributed by atoms with Gasteiger partial charge in [-0.15, -0.1) is 11.3 Å². The third kappa shape index (κ3) is 5.38. The van der Waals surface area contributed by atoms with Gasteiger partial charge in [0.25, 0.3) is 0 Å². The van der Waals surface area contributed by atoms with Crippen molar-refractivity contribution in [3.05, 3.63) is 39.8 Å². The Labute approximate surface area is 171 Å². The number of hydrogen-bond acceptors (Lipinski definition) is 5. The van der Waals surface area contributed by atoms with E-state index in [2.05, 4.69) is 28.6 Å². The van der Waals surface area contributed by atoms with E-state index in [0.717, 1.165) is 48.1 Å². The van der Waals surface area contributed by atoms with Gasteiger partial charge in [0, 0.05) is 17.0 Å². The maximum Gasteiger partial charge on any atom is 0.191 e. The zero-order valence-corrected chi connectivity index (χ0v) is 17.8. The third-order valence-corrected chi connectivity index (χ3v) is 5.82. The van der Waals surface area contributed by atoms with Gasteiger partial charge in [0.1, 0.15) is 0 Å². The zero-order chi connectivity index (χ0) is 19.8. The first kappa shape index (κ1) is 20.5. The molecule has 0 atom stereocenters. The molecule has 1 fully saturated rings. The summed E-state index contributed by atoms with van der Waals surface area (Å²) in [6.45, 7) is 6.13. The Morgan fingerprint density at radius 2 is 2.11 bits per heavy atom. The van der Waals surface area contributed by atoms with Crippen LogP contribution in [0.4, 0.5) is 0 Å². The lowest BCUT2D eigenvalue weighted by molar-refractivity contribution is 0.198. The lowest BCUT2D eigenvalue weighted by Crippen LogP contribution is -2.36. The molecule has 1 heterocycles. The average molecular weight is 403 g/mol. The largest absolute Gasteiger partial charge is 0.493 e. The van der Waals surface area contributed by atoms with E-state index < -0.39 is 0 Å². The quantitative estimate of drug-likeness (QED) is 0.515. The molecule has 6 nitrogen and oxygen atoms in total. The van der Waals surface area contributed by atoms with Gasteiger partial charge in [-0.3, -0.25) is 0 Å². The highest BCUT2D eigenvalue weighted by molar-refractivity contribution is 7.09. The Balaban J connectivity index is 1.72. The first-order chi connectivity index (χ1) is 13.7. The zero-order valence-electron chi connectivity index (χ0n) is 17.0. The summed E-state index contributed by atoms with van der Waals surface area (Å²) in [7, 11) is 1.69. The average Bonchev–Trinajstić information content (AvgIpc) is 3.36. The van der Waals surface area contributed by atoms with Gasteiger partial charge in [-0.05, 0) is 45.6 Å². The van der Waals surface area contributed by atoms with Crippen LogP contribution in [0.1, 0.15) is 48.7 Å². The molecule has 1 aliphatic rings. The maximum atomic E-state index is 6.31. The third-order valence-electron chi connectivity index (χ3n) is 4.88. The van der Waals surface area contributed by atoms with Crippen molar-refractivity contribution in [1.82, 2.24) is 15.6 Å². The second-order valence-corrected chi connectivity index (χ2v) is 7.82. The minimum atomic E-state index is 0.277. The smallest absolute Gasteiger partial charge is 0.191 e. The minimum Gasteiger partial charge on any atom is -0.493 e. The summed E-state index contributed by atoms with van der Waals surface area (Å²) in [4.78, 5) is 10.3. The van der Waals surface area contributed by atoms with Crippen LogP contribution in [0.5, 0.6) is 11.5 Å². The van der Waals surface area contributed by atoms with Crippen LogP contribution < -0.4 is 20.1 Å². The second kappa shape index (κ2) is 10.3. The van der Waals surface area contributed by atoms with E-state index in [-0.39, 0.29) is 6.10 Å². The molecule has 0 amide bonds. The SMILES string of the molecule is CCNC(=NCc1cccc(OC)c1OC1CCCC1)NCc1scnc1C. The summed E-state index contributed by atoms with van der Waals surface area (Å²) in [6, 6.07) is 6.01. The maximum absolute atomic E-state index is 6.31. The van der Waals surface area contributed by atoms with Crippen LogP contribution in [0.25, 0.3) is 0 Å². The number of hydrogen-bond donors (Lipinski definition) is 2. The molecule has 1 aromatic carbocycles. The fraction of sp³-hybridized carbons (Fsp3) is 0.524. The Morgan fingerprint density at radius 1 is 1.29 bits per heavy atom. The van der Waals surface area contributed by atoms with Crippen LogP contribution in [0.15, 0.2) is 28.7 Å². The van der Waals surface area contributed by atoms with E-state index in [4.69, 9.17) is 14.5 Å². The Kier molecular flexibility index (Phi) is 7.54. The molecule has 0 unspecified atom stereocenters. The molecule has 152 valence electrons. The Bertz CT molecular complexity index is 784. The number of methoxy groups -OCH3 is 1. The summed E-state index contributed by atoms with van der Waals surface area (Å²) >= 11 is 1.66. The van der Waals surface area contributed by atoms with Gasteiger partial charge in [-0.1, -0.05) is 12.1 Å². The molecular weight excluding hydrogens is 372 g/mol. The van der Waals surface area contributed by atoms with Gasteiger partial charge < -0.3 is 20.1 Å². The highest BCUT2D eigenvalue weighted by Crippen LogP contribution is 2.35. The highest BCUT2D eigenvalue weighted by atomic mass is 32.1. The number of thiazole rings is 1. The number of rotatable bonds is 8. The molecular formula is C21H30N4O2S. The highest BCUT2D eigenvalue weighted by Gasteiger charge is 2.20. The normalized spacial score (nSPS) is 14.9. The van der Waals surface area contributed by atoms with Crippen molar-refractivity contribution in [2.45, 2.75) is 58.7 Å². The van der Waals surface area contributed by atoms with Crippen molar-refractivity contribution >= 4 is 17.3 Å². The van der Waals surface area contributed by atoms with Crippen LogP contribution in [0.2, 0.25) is 0 Å². The molecule has 0 spiro atoms. The number of benzene rings is 1. The van der Waals surface area contributed by atoms with Gasteiger partial charge in [0.05, 0.1) is 37.5 Å². The first-order valence-corrected chi connectivity index (χ1v) is 10.8. The fourth-order valence-electron chi connectivity index (χ4n) is 3.32. The molecule has 0 bridgehead atoms. The monoisotopic (exact) mass is 402 g/mol. The van der Waals surface area contributed by atoms with Gasteiger partial charge in [-0.25, -0.2) is 9.98 Å². The topological polar surface area (TPSA) is 67.8 Å². The van der Waals surface area contributed by atoms with E-state index in [9.17, 15) is 0 Å². The summed E-state index contributed by atoms with van der Waals surface area (Å²) in [5.41, 5.74) is 3.98. The van der Waals surface area contributed by atoms with E-state index in [1.165, 1.54) is 17.7 Å². The van der Waals surface area contributed by atoms with Gasteiger partial charge in [0.15, 0.2) is 17.5 Å². The van der Waals surface area contributed by atoms with Crippen molar-refractivity contribution in [1.29, 1.82) is 0 Å². The van der Waals surface area contributed by atoms with Gasteiger partial charge in [-0.2, -0.15) is 0 Å². The molecule has 28 heavy (non-hydrogen) atoms. The second-order valence-electron chi connectivity index (χ2n) is 6.88. The summed E-state index contributed by atoms with van der Waals surface area (Å²) in [5, 5.41) is 6.70. The van der Waals surface area contributed by atoms with E-state index in [1.807, 2.05) is 24.6 Å². The van der Waals surface area contributed by atoms with E-state index in [1.54, 1.807) is 18.4 Å². The number of aliphatic imine (C=N–C) groups is 1. The fourth-order valence-corrected chi connectivity index (χ4v) is 4.04. The number of nitrogens with zero attached hydrogens (tertiary/aromatic N) is 2. The Hall–Kier alpha value is -2.28. The van der Waals surface area contributed by atoms with Crippen molar-refractivity contribution in [2.75, 3.05) is 13.7 Å². The molecule has 3 rings (SSSR count). The number of ether oxygens (including phenoxy) is 2. The molecule has 1 aromatic heterocycles. The van der Waals surface area contributed by atoms with Crippen LogP contribution in [0, 0.1) is 6.92 Å². The van der Waals surface area contributed by atoms with Crippen LogP contribution in [0.3, 0.4) is 0 Å². The number of aryl methyl sites for hydroxylation is 1. The van der Waals surface area contributed by atoms with Crippen molar-refractivity contribution < 1.29 is 9.47 Å². The lowest BCUT2D eigenvalue weighted by Gasteiger charge is -2.19. The minimum absolute atomic E-state index is 0.277. The van der Waals surface area contributed by atoms with E-state index >= 15 is 0 Å². The molecule has 0 radical (unpaired) electrons. The Morgan fingerprint density at radius 3 is 2.79 bits per heavy atom. The molecule has 7 heteroatoms. The number of nitrogens with one attached hydrogen (secondary N) is 2. The summed E-state index contributed by atoms with van der Waals surface area (Å²) < 4.78 is 11.9. The number of guanidine groups is 1. The van der Waals surface area contributed by atoms with Crippen LogP contribution >= 0.6 is 11.3 Å². The van der Waals surface area contributed by atoms with Crippen molar-refractivity contribution in [2.24, 2.45) is 4.99 Å². The standard InChI is InChI=1S/C21H30N4O2S/c1-4-22-21(24-13-19-15(2)25-14-28-19)23-12-16-8-7-11-18(26-3)20(16)27-17-9-5-6-10-17/h7-8,11,14,17H,4-6,9-10,12-13H2,1-3H3,(H2,22,23,24). The lowest BCUT2D eigenvalue weighted by atomic mass is 10.1. The number of aromatic nitrogens is 1. The molecule has 1 saturated carbocycles. The van der Waals surface area contributed by atoms with Gasteiger partial charge in [0.2, 0.25) is 0 Å². The predicted molar refractivity (Wildman–Crippen MR) is 114 cm³/mol. The predicted octanol–water partition coefficient (Wildman–Crippen LogP) is 4.04. The van der Waals surface area contributed by atoms with E-state index in [0.29, 0.717) is 13.1 Å². The van der Waals surface area contributed by atoms with Crippen molar-refractivity contribution in [3.8, 4) is 11.5 Å². The summed E-state index contributed by atoms with van der Waals surface area (Å²) in [6.07, 6.45) is 4.97. The molecule has 2 N–H and O–H groups in total. The van der Waals surface area contributed by atoms with Crippen molar-refractivity contribution in [3.63, 3.8) is 0 Å². The first-order valence-electron chi connectivity index (χ1n) is 9.95.